The maximum absolute atomic E-state index is 6.19. The first-order valence-electron chi connectivity index (χ1n) is 6.29. The van der Waals surface area contributed by atoms with Crippen LogP contribution in [0.15, 0.2) is 30.3 Å². The zero-order valence-corrected chi connectivity index (χ0v) is 14.5. The summed E-state index contributed by atoms with van der Waals surface area (Å²) in [6.07, 6.45) is 3.61. The molecule has 0 fully saturated rings. The Kier molecular flexibility index (Phi) is 5.76. The second kappa shape index (κ2) is 7.12. The zero-order chi connectivity index (χ0) is 13.8. The minimum Gasteiger partial charge on any atom is -0.111 e. The molecule has 19 heavy (non-hydrogen) atoms. The van der Waals surface area contributed by atoms with E-state index in [-0.39, 0.29) is 4.83 Å². The molecular formula is C15H15BrCl2S. The Morgan fingerprint density at radius 1 is 1.21 bits per heavy atom. The van der Waals surface area contributed by atoms with Gasteiger partial charge in [0.15, 0.2) is 0 Å². The van der Waals surface area contributed by atoms with Crippen LogP contribution in [0.3, 0.4) is 0 Å². The molecule has 0 N–H and O–H groups in total. The number of thiophene rings is 1. The van der Waals surface area contributed by atoms with Crippen LogP contribution in [0.2, 0.25) is 8.67 Å². The van der Waals surface area contributed by atoms with Gasteiger partial charge >= 0.3 is 0 Å². The molecule has 4 heteroatoms. The van der Waals surface area contributed by atoms with Gasteiger partial charge in [0.2, 0.25) is 0 Å². The molecule has 0 saturated heterocycles. The zero-order valence-electron chi connectivity index (χ0n) is 10.6. The van der Waals surface area contributed by atoms with Gasteiger partial charge in [-0.25, -0.2) is 0 Å². The lowest BCUT2D eigenvalue weighted by molar-refractivity contribution is 0.795. The third kappa shape index (κ3) is 3.98. The van der Waals surface area contributed by atoms with Crippen LogP contribution in [0, 0.1) is 0 Å². The summed E-state index contributed by atoms with van der Waals surface area (Å²) in [6, 6.07) is 10.6. The quantitative estimate of drug-likeness (QED) is 0.498. The fourth-order valence-corrected chi connectivity index (χ4v) is 4.42. The van der Waals surface area contributed by atoms with E-state index in [4.69, 9.17) is 23.2 Å². The Bertz CT molecular complexity index is 534. The van der Waals surface area contributed by atoms with Crippen molar-refractivity contribution in [3.63, 3.8) is 0 Å². The predicted molar refractivity (Wildman–Crippen MR) is 90.2 cm³/mol. The van der Waals surface area contributed by atoms with Gasteiger partial charge in [-0.1, -0.05) is 76.7 Å². The Morgan fingerprint density at radius 3 is 2.42 bits per heavy atom. The molecule has 0 spiro atoms. The van der Waals surface area contributed by atoms with Crippen molar-refractivity contribution in [2.75, 3.05) is 0 Å². The molecule has 1 unspecified atom stereocenters. The third-order valence-electron chi connectivity index (χ3n) is 3.05. The van der Waals surface area contributed by atoms with Gasteiger partial charge in [-0.3, -0.25) is 0 Å². The molecule has 1 atom stereocenters. The van der Waals surface area contributed by atoms with Gasteiger partial charge in [0, 0.05) is 5.56 Å². The maximum Gasteiger partial charge on any atom is 0.0990 e. The van der Waals surface area contributed by atoms with Gasteiger partial charge in [0.1, 0.15) is 0 Å². The summed E-state index contributed by atoms with van der Waals surface area (Å²) < 4.78 is 1.48. The van der Waals surface area contributed by atoms with Gasteiger partial charge in [0.25, 0.3) is 0 Å². The highest BCUT2D eigenvalue weighted by molar-refractivity contribution is 9.09. The number of halogens is 3. The lowest BCUT2D eigenvalue weighted by Crippen LogP contribution is -1.92. The summed E-state index contributed by atoms with van der Waals surface area (Å²) in [7, 11) is 0. The molecule has 0 radical (unpaired) electrons. The normalized spacial score (nSPS) is 12.6. The molecule has 1 aromatic carbocycles. The average Bonchev–Trinajstić information content (AvgIpc) is 2.75. The maximum atomic E-state index is 6.19. The standard InChI is InChI=1S/C15H15BrCl2S/c1-2-3-4-10-5-7-11(8-6-10)14(16)12-9-13(17)19-15(12)18/h5-9,14H,2-4H2,1H3. The second-order valence-corrected chi connectivity index (χ2v) is 7.69. The number of rotatable bonds is 5. The van der Waals surface area contributed by atoms with E-state index >= 15 is 0 Å². The van der Waals surface area contributed by atoms with E-state index in [0.717, 1.165) is 20.7 Å². The van der Waals surface area contributed by atoms with E-state index < -0.39 is 0 Å². The fourth-order valence-electron chi connectivity index (χ4n) is 1.94. The number of alkyl halides is 1. The summed E-state index contributed by atoms with van der Waals surface area (Å²) in [5, 5.41) is 0. The van der Waals surface area contributed by atoms with E-state index in [1.54, 1.807) is 0 Å². The highest BCUT2D eigenvalue weighted by Gasteiger charge is 2.16. The van der Waals surface area contributed by atoms with Crippen LogP contribution in [-0.4, -0.2) is 0 Å². The molecule has 2 aromatic rings. The van der Waals surface area contributed by atoms with Crippen molar-refractivity contribution in [2.24, 2.45) is 0 Å². The molecule has 0 amide bonds. The molecule has 2 rings (SSSR count). The number of benzene rings is 1. The lowest BCUT2D eigenvalue weighted by Gasteiger charge is -2.10. The molecular weight excluding hydrogens is 363 g/mol. The van der Waals surface area contributed by atoms with E-state index in [2.05, 4.69) is 47.1 Å². The summed E-state index contributed by atoms with van der Waals surface area (Å²) in [4.78, 5) is 0.101. The van der Waals surface area contributed by atoms with Gasteiger partial charge in [-0.15, -0.1) is 11.3 Å². The average molecular weight is 378 g/mol. The molecule has 0 saturated carbocycles. The topological polar surface area (TPSA) is 0 Å². The van der Waals surface area contributed by atoms with E-state index in [0.29, 0.717) is 0 Å². The van der Waals surface area contributed by atoms with E-state index in [9.17, 15) is 0 Å². The Hall–Kier alpha value is -0.0200. The van der Waals surface area contributed by atoms with Crippen molar-refractivity contribution in [2.45, 2.75) is 31.0 Å². The van der Waals surface area contributed by atoms with Crippen molar-refractivity contribution in [1.82, 2.24) is 0 Å². The number of aryl methyl sites for hydroxylation is 1. The predicted octanol–water partition coefficient (Wildman–Crippen LogP) is 6.88. The minimum atomic E-state index is 0.101. The first-order chi connectivity index (χ1) is 9.11. The van der Waals surface area contributed by atoms with Crippen molar-refractivity contribution in [3.05, 3.63) is 55.7 Å². The van der Waals surface area contributed by atoms with Crippen molar-refractivity contribution < 1.29 is 0 Å². The smallest absolute Gasteiger partial charge is 0.0990 e. The van der Waals surface area contributed by atoms with Gasteiger partial charge < -0.3 is 0 Å². The molecule has 0 aliphatic rings. The molecule has 0 nitrogen and oxygen atoms in total. The molecule has 0 aliphatic heterocycles. The summed E-state index contributed by atoms with van der Waals surface area (Å²) in [6.45, 7) is 2.21. The highest BCUT2D eigenvalue weighted by Crippen LogP contribution is 2.41. The second-order valence-electron chi connectivity index (χ2n) is 4.49. The minimum absolute atomic E-state index is 0.101. The fraction of sp³-hybridized carbons (Fsp3) is 0.333. The Balaban J connectivity index is 2.15. The molecule has 102 valence electrons. The van der Waals surface area contributed by atoms with Gasteiger partial charge in [-0.05, 0) is 30.0 Å². The lowest BCUT2D eigenvalue weighted by atomic mass is 10.0. The van der Waals surface area contributed by atoms with Crippen molar-refractivity contribution in [1.29, 1.82) is 0 Å². The third-order valence-corrected chi connectivity index (χ3v) is 5.59. The van der Waals surface area contributed by atoms with Crippen LogP contribution in [0.1, 0.15) is 41.3 Å². The van der Waals surface area contributed by atoms with E-state index in [1.165, 1.54) is 35.3 Å². The van der Waals surface area contributed by atoms with Crippen molar-refractivity contribution >= 4 is 50.5 Å². The van der Waals surface area contributed by atoms with E-state index in [1.807, 2.05) is 6.07 Å². The SMILES string of the molecule is CCCCc1ccc(C(Br)c2cc(Cl)sc2Cl)cc1. The number of hydrogen-bond acceptors (Lipinski definition) is 1. The summed E-state index contributed by atoms with van der Waals surface area (Å²) in [5.74, 6) is 0. The summed E-state index contributed by atoms with van der Waals surface area (Å²) in [5.41, 5.74) is 3.63. The van der Waals surface area contributed by atoms with Crippen LogP contribution in [0.4, 0.5) is 0 Å². The van der Waals surface area contributed by atoms with Crippen molar-refractivity contribution in [3.8, 4) is 0 Å². The summed E-state index contributed by atoms with van der Waals surface area (Å²) >= 11 is 17.3. The van der Waals surface area contributed by atoms with Crippen LogP contribution >= 0.6 is 50.5 Å². The first kappa shape index (κ1) is 15.4. The molecule has 0 aliphatic carbocycles. The Morgan fingerprint density at radius 2 is 1.89 bits per heavy atom. The number of hydrogen-bond donors (Lipinski definition) is 0. The van der Waals surface area contributed by atoms with Crippen LogP contribution in [-0.2, 0) is 6.42 Å². The van der Waals surface area contributed by atoms with Gasteiger partial charge in [0.05, 0.1) is 13.5 Å². The van der Waals surface area contributed by atoms with Gasteiger partial charge in [-0.2, -0.15) is 0 Å². The van der Waals surface area contributed by atoms with Crippen LogP contribution < -0.4 is 0 Å². The highest BCUT2D eigenvalue weighted by atomic mass is 79.9. The van der Waals surface area contributed by atoms with Crippen LogP contribution in [0.5, 0.6) is 0 Å². The molecule has 1 heterocycles. The monoisotopic (exact) mass is 376 g/mol. The first-order valence-corrected chi connectivity index (χ1v) is 8.78. The van der Waals surface area contributed by atoms with Crippen LogP contribution in [0.25, 0.3) is 0 Å². The molecule has 0 bridgehead atoms. The number of unbranched alkanes of at least 4 members (excludes halogenated alkanes) is 1. The largest absolute Gasteiger partial charge is 0.111 e. The molecule has 1 aromatic heterocycles. The Labute approximate surface area is 136 Å².